The van der Waals surface area contributed by atoms with Crippen molar-refractivity contribution in [3.05, 3.63) is 83.9 Å². The van der Waals surface area contributed by atoms with Gasteiger partial charge >= 0.3 is 0 Å². The van der Waals surface area contributed by atoms with Crippen LogP contribution in [0.3, 0.4) is 0 Å². The number of anilines is 1. The van der Waals surface area contributed by atoms with Crippen molar-refractivity contribution in [2.24, 2.45) is 0 Å². The Morgan fingerprint density at radius 1 is 1.06 bits per heavy atom. The first kappa shape index (κ1) is 25.7. The molecule has 0 spiro atoms. The fourth-order valence-electron chi connectivity index (χ4n) is 3.52. The topological polar surface area (TPSA) is 80.3 Å². The highest BCUT2D eigenvalue weighted by atomic mass is 32.2. The summed E-state index contributed by atoms with van der Waals surface area (Å²) in [5.41, 5.74) is 3.17. The Labute approximate surface area is 219 Å². The SMILES string of the molecule is CCCCOc1ccc(C(=O)Nc2ccc3nc(SCC(=O)N[C@@H](C)c4ccccc4)sc3c2)cc1. The van der Waals surface area contributed by atoms with Crippen molar-refractivity contribution in [2.75, 3.05) is 17.7 Å². The quantitative estimate of drug-likeness (QED) is 0.170. The molecule has 0 unspecified atom stereocenters. The van der Waals surface area contributed by atoms with Crippen molar-refractivity contribution in [3.8, 4) is 5.75 Å². The van der Waals surface area contributed by atoms with Crippen LogP contribution < -0.4 is 15.4 Å². The second-order valence-electron chi connectivity index (χ2n) is 8.33. The summed E-state index contributed by atoms with van der Waals surface area (Å²) in [6.07, 6.45) is 2.08. The Morgan fingerprint density at radius 3 is 2.58 bits per heavy atom. The lowest BCUT2D eigenvalue weighted by Gasteiger charge is -2.13. The molecule has 36 heavy (non-hydrogen) atoms. The van der Waals surface area contributed by atoms with E-state index in [1.54, 1.807) is 12.1 Å². The summed E-state index contributed by atoms with van der Waals surface area (Å²) in [5, 5.41) is 5.97. The second-order valence-corrected chi connectivity index (χ2v) is 10.6. The molecule has 0 bridgehead atoms. The third-order valence-electron chi connectivity index (χ3n) is 5.51. The van der Waals surface area contributed by atoms with Crippen LogP contribution in [0, 0.1) is 0 Å². The number of fused-ring (bicyclic) bond motifs is 1. The highest BCUT2D eigenvalue weighted by Crippen LogP contribution is 2.31. The molecule has 1 aromatic heterocycles. The number of unbranched alkanes of at least 4 members (excludes halogenated alkanes) is 1. The van der Waals surface area contributed by atoms with E-state index < -0.39 is 0 Å². The number of aromatic nitrogens is 1. The number of benzene rings is 3. The van der Waals surface area contributed by atoms with E-state index in [0.29, 0.717) is 23.6 Å². The largest absolute Gasteiger partial charge is 0.494 e. The van der Waals surface area contributed by atoms with Crippen LogP contribution in [0.2, 0.25) is 0 Å². The Hall–Kier alpha value is -3.36. The van der Waals surface area contributed by atoms with Gasteiger partial charge < -0.3 is 15.4 Å². The molecule has 2 amide bonds. The van der Waals surface area contributed by atoms with Crippen LogP contribution in [0.1, 0.15) is 48.7 Å². The number of carbonyl (C=O) groups is 2. The molecular formula is C28H29N3O3S2. The molecule has 1 atom stereocenters. The van der Waals surface area contributed by atoms with Gasteiger partial charge in [0.25, 0.3) is 5.91 Å². The monoisotopic (exact) mass is 519 g/mol. The summed E-state index contributed by atoms with van der Waals surface area (Å²) >= 11 is 2.92. The van der Waals surface area contributed by atoms with E-state index in [0.717, 1.165) is 38.7 Å². The number of hydrogen-bond donors (Lipinski definition) is 2. The molecule has 4 aromatic rings. The van der Waals surface area contributed by atoms with E-state index in [2.05, 4.69) is 22.5 Å². The van der Waals surface area contributed by atoms with Gasteiger partial charge in [-0.3, -0.25) is 9.59 Å². The molecule has 3 aromatic carbocycles. The van der Waals surface area contributed by atoms with E-state index in [9.17, 15) is 9.59 Å². The number of nitrogens with zero attached hydrogens (tertiary/aromatic N) is 1. The van der Waals surface area contributed by atoms with Crippen molar-refractivity contribution in [2.45, 2.75) is 37.1 Å². The lowest BCUT2D eigenvalue weighted by atomic mass is 10.1. The summed E-state index contributed by atoms with van der Waals surface area (Å²) in [6, 6.07) is 22.6. The van der Waals surface area contributed by atoms with E-state index in [-0.39, 0.29) is 17.9 Å². The number of carbonyl (C=O) groups excluding carboxylic acids is 2. The normalized spacial score (nSPS) is 11.7. The lowest BCUT2D eigenvalue weighted by Crippen LogP contribution is -2.28. The molecule has 0 radical (unpaired) electrons. The average Bonchev–Trinajstić information content (AvgIpc) is 3.31. The molecule has 2 N–H and O–H groups in total. The summed E-state index contributed by atoms with van der Waals surface area (Å²) in [5.74, 6) is 0.834. The zero-order valence-corrected chi connectivity index (χ0v) is 22.0. The fourth-order valence-corrected chi connectivity index (χ4v) is 5.44. The third-order valence-corrected chi connectivity index (χ3v) is 7.67. The Morgan fingerprint density at radius 2 is 1.83 bits per heavy atom. The molecule has 1 heterocycles. The molecule has 6 nitrogen and oxygen atoms in total. The van der Waals surface area contributed by atoms with Crippen molar-refractivity contribution >= 4 is 50.8 Å². The van der Waals surface area contributed by atoms with Gasteiger partial charge in [-0.05, 0) is 61.4 Å². The van der Waals surface area contributed by atoms with Crippen LogP contribution in [-0.4, -0.2) is 29.2 Å². The zero-order chi connectivity index (χ0) is 25.3. The number of hydrogen-bond acceptors (Lipinski definition) is 6. The molecule has 8 heteroatoms. The van der Waals surface area contributed by atoms with E-state index in [1.165, 1.54) is 23.1 Å². The van der Waals surface area contributed by atoms with E-state index in [1.807, 2.05) is 67.6 Å². The van der Waals surface area contributed by atoms with Crippen LogP contribution in [0.25, 0.3) is 10.2 Å². The standard InChI is InChI=1S/C28H29N3O3S2/c1-3-4-16-34-23-13-10-21(11-14-23)27(33)30-22-12-15-24-25(17-22)36-28(31-24)35-18-26(32)29-19(2)20-8-6-5-7-9-20/h5-15,17,19H,3-4,16,18H2,1-2H3,(H,29,32)(H,30,33)/t19-/m0/s1. The summed E-state index contributed by atoms with van der Waals surface area (Å²) in [7, 11) is 0. The maximum absolute atomic E-state index is 12.7. The van der Waals surface area contributed by atoms with Crippen LogP contribution >= 0.6 is 23.1 Å². The van der Waals surface area contributed by atoms with Gasteiger partial charge in [-0.1, -0.05) is 55.4 Å². The van der Waals surface area contributed by atoms with Gasteiger partial charge in [-0.25, -0.2) is 4.98 Å². The van der Waals surface area contributed by atoms with Gasteiger partial charge in [-0.2, -0.15) is 0 Å². The van der Waals surface area contributed by atoms with E-state index >= 15 is 0 Å². The average molecular weight is 520 g/mol. The molecule has 0 aliphatic rings. The zero-order valence-electron chi connectivity index (χ0n) is 20.3. The number of thioether (sulfide) groups is 1. The van der Waals surface area contributed by atoms with Crippen molar-refractivity contribution < 1.29 is 14.3 Å². The smallest absolute Gasteiger partial charge is 0.255 e. The molecule has 4 rings (SSSR count). The predicted molar refractivity (Wildman–Crippen MR) is 148 cm³/mol. The summed E-state index contributed by atoms with van der Waals surface area (Å²) in [4.78, 5) is 29.7. The van der Waals surface area contributed by atoms with Gasteiger partial charge in [0.15, 0.2) is 4.34 Å². The second kappa shape index (κ2) is 12.6. The number of ether oxygens (including phenoxy) is 1. The number of amides is 2. The predicted octanol–water partition coefficient (Wildman–Crippen LogP) is 6.70. The van der Waals surface area contributed by atoms with Gasteiger partial charge in [0.1, 0.15) is 5.75 Å². The first-order chi connectivity index (χ1) is 17.5. The molecular weight excluding hydrogens is 490 g/mol. The maximum atomic E-state index is 12.7. The van der Waals surface area contributed by atoms with Crippen molar-refractivity contribution in [1.29, 1.82) is 0 Å². The minimum atomic E-state index is -0.183. The Kier molecular flexibility index (Phi) is 8.97. The molecule has 186 valence electrons. The molecule has 0 saturated carbocycles. The first-order valence-electron chi connectivity index (χ1n) is 11.9. The highest BCUT2D eigenvalue weighted by Gasteiger charge is 2.13. The van der Waals surface area contributed by atoms with Gasteiger partial charge in [-0.15, -0.1) is 11.3 Å². The number of thiazole rings is 1. The summed E-state index contributed by atoms with van der Waals surface area (Å²) < 4.78 is 7.43. The Bertz CT molecular complexity index is 1310. The van der Waals surface area contributed by atoms with Crippen LogP contribution in [-0.2, 0) is 4.79 Å². The minimum Gasteiger partial charge on any atom is -0.494 e. The highest BCUT2D eigenvalue weighted by molar-refractivity contribution is 8.01. The van der Waals surface area contributed by atoms with Crippen LogP contribution in [0.5, 0.6) is 5.75 Å². The number of rotatable bonds is 11. The third kappa shape index (κ3) is 7.08. The molecule has 0 aliphatic heterocycles. The Balaban J connectivity index is 1.31. The van der Waals surface area contributed by atoms with Crippen molar-refractivity contribution in [3.63, 3.8) is 0 Å². The molecule has 0 aliphatic carbocycles. The summed E-state index contributed by atoms with van der Waals surface area (Å²) in [6.45, 7) is 4.77. The van der Waals surface area contributed by atoms with Crippen molar-refractivity contribution in [1.82, 2.24) is 10.3 Å². The van der Waals surface area contributed by atoms with Gasteiger partial charge in [0.05, 0.1) is 28.6 Å². The molecule has 0 saturated heterocycles. The molecule has 0 fully saturated rings. The van der Waals surface area contributed by atoms with Gasteiger partial charge in [0.2, 0.25) is 5.91 Å². The van der Waals surface area contributed by atoms with Gasteiger partial charge in [0, 0.05) is 11.3 Å². The first-order valence-corrected chi connectivity index (χ1v) is 13.7. The van der Waals surface area contributed by atoms with E-state index in [4.69, 9.17) is 4.74 Å². The van der Waals surface area contributed by atoms with Crippen LogP contribution in [0.15, 0.2) is 77.1 Å². The van der Waals surface area contributed by atoms with Crippen LogP contribution in [0.4, 0.5) is 5.69 Å². The fraction of sp³-hybridized carbons (Fsp3) is 0.250. The minimum absolute atomic E-state index is 0.0367. The maximum Gasteiger partial charge on any atom is 0.255 e. The lowest BCUT2D eigenvalue weighted by molar-refractivity contribution is -0.119. The number of nitrogens with one attached hydrogen (secondary N) is 2.